The van der Waals surface area contributed by atoms with Crippen molar-refractivity contribution >= 4 is 17.1 Å². The molecular weight excluding hydrogens is 166 g/mol. The number of fused-ring (bicyclic) bond motifs is 1. The Labute approximate surface area is 75.8 Å². The van der Waals surface area contributed by atoms with E-state index in [0.29, 0.717) is 0 Å². The maximum Gasteiger partial charge on any atom is 0.141 e. The summed E-state index contributed by atoms with van der Waals surface area (Å²) < 4.78 is 0. The van der Waals surface area contributed by atoms with Crippen molar-refractivity contribution < 1.29 is 0 Å². The third-order valence-electron chi connectivity index (χ3n) is 1.58. The highest BCUT2D eigenvalue weighted by atomic mass is 15.5. The van der Waals surface area contributed by atoms with Crippen LogP contribution < -0.4 is 0 Å². The lowest BCUT2D eigenvalue weighted by Gasteiger charge is -2.08. The first-order chi connectivity index (χ1) is 6.27. The van der Waals surface area contributed by atoms with Crippen LogP contribution in [0, 0.1) is 0 Å². The van der Waals surface area contributed by atoms with Gasteiger partial charge in [0.1, 0.15) is 17.1 Å². The fraction of sp³-hybridized carbons (Fsp3) is 0.250. The van der Waals surface area contributed by atoms with E-state index >= 15 is 0 Å². The molecule has 1 aromatic carbocycles. The third-order valence-corrected chi connectivity index (χ3v) is 1.58. The number of nitrogens with zero attached hydrogens (tertiary/aromatic N) is 5. The Kier molecular flexibility index (Phi) is 1.77. The number of benzene rings is 1. The second-order valence-electron chi connectivity index (χ2n) is 2.88. The Bertz CT molecular complexity index is 380. The zero-order valence-corrected chi connectivity index (χ0v) is 7.47. The van der Waals surface area contributed by atoms with Crippen LogP contribution in [0.4, 0.5) is 17.1 Å². The Morgan fingerprint density at radius 1 is 1.23 bits per heavy atom. The molecule has 0 amide bonds. The molecule has 0 aliphatic carbocycles. The monoisotopic (exact) mass is 175 g/mol. The summed E-state index contributed by atoms with van der Waals surface area (Å²) >= 11 is 0. The molecule has 66 valence electrons. The lowest BCUT2D eigenvalue weighted by molar-refractivity contribution is 0.408. The highest BCUT2D eigenvalue weighted by Crippen LogP contribution is 2.44. The van der Waals surface area contributed by atoms with Crippen molar-refractivity contribution in [1.29, 1.82) is 0 Å². The Morgan fingerprint density at radius 2 is 2.08 bits per heavy atom. The molecule has 0 saturated heterocycles. The SMILES string of the molecule is CN(C)N=Nc1cccc2c1N=N2. The smallest absolute Gasteiger partial charge is 0.141 e. The first kappa shape index (κ1) is 7.85. The van der Waals surface area contributed by atoms with Gasteiger partial charge < -0.3 is 0 Å². The molecule has 0 saturated carbocycles. The van der Waals surface area contributed by atoms with E-state index in [2.05, 4.69) is 20.6 Å². The molecule has 2 rings (SSSR count). The molecule has 5 heteroatoms. The molecule has 0 N–H and O–H groups in total. The van der Waals surface area contributed by atoms with Gasteiger partial charge in [0.2, 0.25) is 0 Å². The van der Waals surface area contributed by atoms with Crippen molar-refractivity contribution in [1.82, 2.24) is 5.01 Å². The maximum absolute atomic E-state index is 4.01. The van der Waals surface area contributed by atoms with Crippen LogP contribution in [0.1, 0.15) is 0 Å². The summed E-state index contributed by atoms with van der Waals surface area (Å²) in [6.07, 6.45) is 0. The molecule has 1 heterocycles. The molecule has 0 atom stereocenters. The van der Waals surface area contributed by atoms with Crippen molar-refractivity contribution in [3.63, 3.8) is 0 Å². The lowest BCUT2D eigenvalue weighted by atomic mass is 10.2. The van der Waals surface area contributed by atoms with Crippen molar-refractivity contribution in [2.75, 3.05) is 14.1 Å². The molecule has 1 aliphatic rings. The van der Waals surface area contributed by atoms with Gasteiger partial charge in [0, 0.05) is 14.1 Å². The fourth-order valence-corrected chi connectivity index (χ4v) is 0.980. The van der Waals surface area contributed by atoms with Crippen LogP contribution in [-0.2, 0) is 0 Å². The summed E-state index contributed by atoms with van der Waals surface area (Å²) in [4.78, 5) is 0. The zero-order chi connectivity index (χ0) is 9.26. The van der Waals surface area contributed by atoms with E-state index in [1.165, 1.54) is 0 Å². The van der Waals surface area contributed by atoms with Gasteiger partial charge in [-0.2, -0.15) is 0 Å². The van der Waals surface area contributed by atoms with Crippen LogP contribution in [-0.4, -0.2) is 19.1 Å². The first-order valence-electron chi connectivity index (χ1n) is 3.91. The molecule has 1 aliphatic heterocycles. The second-order valence-corrected chi connectivity index (χ2v) is 2.88. The predicted molar refractivity (Wildman–Crippen MR) is 48.8 cm³/mol. The average molecular weight is 175 g/mol. The van der Waals surface area contributed by atoms with E-state index in [0.717, 1.165) is 17.1 Å². The van der Waals surface area contributed by atoms with Gasteiger partial charge in [-0.25, -0.2) is 0 Å². The molecule has 1 aromatic rings. The van der Waals surface area contributed by atoms with Crippen molar-refractivity contribution in [2.24, 2.45) is 20.6 Å². The quantitative estimate of drug-likeness (QED) is 0.511. The van der Waals surface area contributed by atoms with E-state index in [-0.39, 0.29) is 0 Å². The van der Waals surface area contributed by atoms with Gasteiger partial charge >= 0.3 is 0 Å². The second kappa shape index (κ2) is 2.93. The van der Waals surface area contributed by atoms with Crippen LogP contribution in [0.25, 0.3) is 0 Å². The molecule has 0 radical (unpaired) electrons. The molecule has 0 bridgehead atoms. The summed E-state index contributed by atoms with van der Waals surface area (Å²) in [6.45, 7) is 0. The van der Waals surface area contributed by atoms with Gasteiger partial charge in [0.15, 0.2) is 0 Å². The predicted octanol–water partition coefficient (Wildman–Crippen LogP) is 2.98. The van der Waals surface area contributed by atoms with E-state index in [9.17, 15) is 0 Å². The number of hydrogen-bond donors (Lipinski definition) is 0. The van der Waals surface area contributed by atoms with E-state index in [1.807, 2.05) is 32.3 Å². The van der Waals surface area contributed by atoms with Gasteiger partial charge in [0.05, 0.1) is 0 Å². The van der Waals surface area contributed by atoms with Crippen molar-refractivity contribution in [3.05, 3.63) is 18.2 Å². The standard InChI is InChI=1S/C8H9N5/c1-13(2)12-10-7-5-3-4-6-8(7)11-9-6/h3-5H,1-2H3. The lowest BCUT2D eigenvalue weighted by Crippen LogP contribution is -1.98. The summed E-state index contributed by atoms with van der Waals surface area (Å²) in [6, 6.07) is 5.65. The minimum Gasteiger partial charge on any atom is -0.285 e. The van der Waals surface area contributed by atoms with Crippen LogP contribution in [0.5, 0.6) is 0 Å². The molecular formula is C8H9N5. The maximum atomic E-state index is 4.01. The van der Waals surface area contributed by atoms with Crippen molar-refractivity contribution in [3.8, 4) is 0 Å². The van der Waals surface area contributed by atoms with Crippen molar-refractivity contribution in [2.45, 2.75) is 0 Å². The summed E-state index contributed by atoms with van der Waals surface area (Å²) in [5, 5.41) is 17.2. The largest absolute Gasteiger partial charge is 0.285 e. The minimum atomic E-state index is 0.765. The van der Waals surface area contributed by atoms with Gasteiger partial charge in [-0.3, -0.25) is 5.01 Å². The summed E-state index contributed by atoms with van der Waals surface area (Å²) in [5.41, 5.74) is 2.48. The first-order valence-corrected chi connectivity index (χ1v) is 3.91. The Morgan fingerprint density at radius 3 is 2.69 bits per heavy atom. The number of rotatable bonds is 2. The molecule has 13 heavy (non-hydrogen) atoms. The van der Waals surface area contributed by atoms with Gasteiger partial charge in [-0.05, 0) is 12.1 Å². The van der Waals surface area contributed by atoms with Crippen LogP contribution in [0.3, 0.4) is 0 Å². The van der Waals surface area contributed by atoms with Gasteiger partial charge in [0.25, 0.3) is 0 Å². The number of azo groups is 1. The van der Waals surface area contributed by atoms with Gasteiger partial charge in [-0.15, -0.1) is 15.3 Å². The Balaban J connectivity index is 2.29. The normalized spacial score (nSPS) is 12.8. The Hall–Kier alpha value is -1.78. The minimum absolute atomic E-state index is 0.765. The molecule has 0 spiro atoms. The average Bonchev–Trinajstić information content (AvgIpc) is 2.03. The van der Waals surface area contributed by atoms with Crippen LogP contribution >= 0.6 is 0 Å². The molecule has 0 unspecified atom stereocenters. The molecule has 5 nitrogen and oxygen atoms in total. The molecule has 0 aromatic heterocycles. The van der Waals surface area contributed by atoms with E-state index in [1.54, 1.807) is 5.01 Å². The third kappa shape index (κ3) is 1.40. The zero-order valence-electron chi connectivity index (χ0n) is 7.47. The van der Waals surface area contributed by atoms with Crippen LogP contribution in [0.2, 0.25) is 0 Å². The number of hydrogen-bond acceptors (Lipinski definition) is 4. The topological polar surface area (TPSA) is 52.7 Å². The van der Waals surface area contributed by atoms with E-state index in [4.69, 9.17) is 0 Å². The fourth-order valence-electron chi connectivity index (χ4n) is 0.980. The van der Waals surface area contributed by atoms with Crippen LogP contribution in [0.15, 0.2) is 38.8 Å². The highest BCUT2D eigenvalue weighted by Gasteiger charge is 2.13. The van der Waals surface area contributed by atoms with Gasteiger partial charge in [-0.1, -0.05) is 11.3 Å². The summed E-state index contributed by atoms with van der Waals surface area (Å²) in [7, 11) is 3.64. The summed E-state index contributed by atoms with van der Waals surface area (Å²) in [5.74, 6) is 0. The van der Waals surface area contributed by atoms with E-state index < -0.39 is 0 Å². The highest BCUT2D eigenvalue weighted by molar-refractivity contribution is 5.78. The molecule has 0 fully saturated rings.